The third-order valence-corrected chi connectivity index (χ3v) is 4.54. The fourth-order valence-corrected chi connectivity index (χ4v) is 3.34. The van der Waals surface area contributed by atoms with Gasteiger partial charge in [0.2, 0.25) is 0 Å². The minimum atomic E-state index is -0.264. The van der Waals surface area contributed by atoms with Gasteiger partial charge >= 0.3 is 0 Å². The SMILES string of the molecule is Cc1csc(CCn2c(CCCl)nc3cc(F)ccc32)n1. The highest BCUT2D eigenvalue weighted by molar-refractivity contribution is 7.09. The number of rotatable bonds is 5. The summed E-state index contributed by atoms with van der Waals surface area (Å²) in [6.45, 7) is 2.77. The lowest BCUT2D eigenvalue weighted by Gasteiger charge is -2.07. The molecule has 1 aromatic carbocycles. The zero-order valence-electron chi connectivity index (χ0n) is 11.6. The Kier molecular flexibility index (Phi) is 4.22. The second-order valence-electron chi connectivity index (χ2n) is 4.88. The van der Waals surface area contributed by atoms with E-state index in [9.17, 15) is 4.39 Å². The van der Waals surface area contributed by atoms with Crippen LogP contribution in [-0.2, 0) is 19.4 Å². The Balaban J connectivity index is 1.92. The first-order valence-corrected chi connectivity index (χ1v) is 8.20. The van der Waals surface area contributed by atoms with E-state index in [1.165, 1.54) is 12.1 Å². The molecule has 0 atom stereocenters. The topological polar surface area (TPSA) is 30.7 Å². The molecule has 0 N–H and O–H groups in total. The lowest BCUT2D eigenvalue weighted by atomic mass is 10.3. The molecular weight excluding hydrogens is 309 g/mol. The highest BCUT2D eigenvalue weighted by atomic mass is 35.5. The number of fused-ring (bicyclic) bond motifs is 1. The molecule has 0 aliphatic rings. The molecule has 0 aliphatic heterocycles. The molecule has 3 aromatic rings. The third-order valence-electron chi connectivity index (χ3n) is 3.32. The standard InChI is InChI=1S/C15H15ClFN3S/c1-10-9-21-15(18-10)5-7-20-13-3-2-11(17)8-12(13)19-14(20)4-6-16/h2-3,8-9H,4-7H2,1H3. The molecule has 3 nitrogen and oxygen atoms in total. The smallest absolute Gasteiger partial charge is 0.125 e. The first kappa shape index (κ1) is 14.5. The maximum atomic E-state index is 13.3. The Hall–Kier alpha value is -1.46. The van der Waals surface area contributed by atoms with Crippen LogP contribution < -0.4 is 0 Å². The maximum absolute atomic E-state index is 13.3. The minimum absolute atomic E-state index is 0.264. The quantitative estimate of drug-likeness (QED) is 0.665. The Labute approximate surface area is 131 Å². The molecule has 2 heterocycles. The Morgan fingerprint density at radius 3 is 2.86 bits per heavy atom. The van der Waals surface area contributed by atoms with Crippen LogP contribution >= 0.6 is 22.9 Å². The van der Waals surface area contributed by atoms with Crippen LogP contribution in [0.2, 0.25) is 0 Å². The zero-order valence-corrected chi connectivity index (χ0v) is 13.2. The number of hydrogen-bond acceptors (Lipinski definition) is 3. The van der Waals surface area contributed by atoms with Crippen molar-refractivity contribution in [3.8, 4) is 0 Å². The van der Waals surface area contributed by atoms with Crippen molar-refractivity contribution in [2.24, 2.45) is 0 Å². The van der Waals surface area contributed by atoms with Crippen LogP contribution in [0.25, 0.3) is 11.0 Å². The molecule has 0 saturated heterocycles. The molecule has 0 aliphatic carbocycles. The van der Waals surface area contributed by atoms with Crippen molar-refractivity contribution in [3.63, 3.8) is 0 Å². The highest BCUT2D eigenvalue weighted by Crippen LogP contribution is 2.20. The van der Waals surface area contributed by atoms with Gasteiger partial charge in [0.1, 0.15) is 11.6 Å². The molecule has 2 aromatic heterocycles. The van der Waals surface area contributed by atoms with Crippen LogP contribution in [0, 0.1) is 12.7 Å². The second-order valence-corrected chi connectivity index (χ2v) is 6.20. The van der Waals surface area contributed by atoms with Gasteiger partial charge in [-0.2, -0.15) is 0 Å². The van der Waals surface area contributed by atoms with Gasteiger partial charge in [-0.05, 0) is 19.1 Å². The maximum Gasteiger partial charge on any atom is 0.125 e. The molecule has 0 bridgehead atoms. The predicted molar refractivity (Wildman–Crippen MR) is 84.7 cm³/mol. The average molecular weight is 324 g/mol. The predicted octanol–water partition coefficient (Wildman–Crippen LogP) is 3.96. The molecule has 110 valence electrons. The van der Waals surface area contributed by atoms with Crippen molar-refractivity contribution in [2.75, 3.05) is 5.88 Å². The molecule has 0 saturated carbocycles. The summed E-state index contributed by atoms with van der Waals surface area (Å²) in [7, 11) is 0. The fraction of sp³-hybridized carbons (Fsp3) is 0.333. The molecule has 21 heavy (non-hydrogen) atoms. The van der Waals surface area contributed by atoms with E-state index in [2.05, 4.69) is 19.9 Å². The van der Waals surface area contributed by atoms with Crippen molar-refractivity contribution < 1.29 is 4.39 Å². The number of benzene rings is 1. The number of aromatic nitrogens is 3. The van der Waals surface area contributed by atoms with Crippen molar-refractivity contribution in [3.05, 3.63) is 45.9 Å². The first-order valence-electron chi connectivity index (χ1n) is 6.79. The van der Waals surface area contributed by atoms with E-state index in [1.807, 2.05) is 6.92 Å². The summed E-state index contributed by atoms with van der Waals surface area (Å²) in [4.78, 5) is 8.98. The summed E-state index contributed by atoms with van der Waals surface area (Å²) in [5, 5.41) is 3.16. The van der Waals surface area contributed by atoms with Gasteiger partial charge < -0.3 is 4.57 Å². The van der Waals surface area contributed by atoms with Gasteiger partial charge in [-0.25, -0.2) is 14.4 Å². The van der Waals surface area contributed by atoms with Gasteiger partial charge in [-0.1, -0.05) is 0 Å². The van der Waals surface area contributed by atoms with Crippen LogP contribution in [0.4, 0.5) is 4.39 Å². The van der Waals surface area contributed by atoms with Gasteiger partial charge in [0.15, 0.2) is 0 Å². The van der Waals surface area contributed by atoms with E-state index in [0.717, 1.165) is 35.0 Å². The molecular formula is C15H15ClFN3S. The van der Waals surface area contributed by atoms with Gasteiger partial charge in [0.05, 0.1) is 16.0 Å². The highest BCUT2D eigenvalue weighted by Gasteiger charge is 2.11. The monoisotopic (exact) mass is 323 g/mol. The molecule has 0 unspecified atom stereocenters. The zero-order chi connectivity index (χ0) is 14.8. The van der Waals surface area contributed by atoms with E-state index in [-0.39, 0.29) is 5.82 Å². The molecule has 0 fully saturated rings. The minimum Gasteiger partial charge on any atom is -0.328 e. The number of nitrogens with zero attached hydrogens (tertiary/aromatic N) is 3. The van der Waals surface area contributed by atoms with Crippen molar-refractivity contribution in [2.45, 2.75) is 26.3 Å². The lowest BCUT2D eigenvalue weighted by Crippen LogP contribution is -2.07. The normalized spacial score (nSPS) is 11.4. The number of imidazole rings is 1. The van der Waals surface area contributed by atoms with E-state index in [4.69, 9.17) is 11.6 Å². The molecule has 0 radical (unpaired) electrons. The third kappa shape index (κ3) is 3.09. The summed E-state index contributed by atoms with van der Waals surface area (Å²) in [6.07, 6.45) is 1.52. The largest absolute Gasteiger partial charge is 0.328 e. The van der Waals surface area contributed by atoms with Crippen molar-refractivity contribution in [1.82, 2.24) is 14.5 Å². The summed E-state index contributed by atoms with van der Waals surface area (Å²) in [6, 6.07) is 4.72. The number of aryl methyl sites for hydroxylation is 4. The number of thiazole rings is 1. The van der Waals surface area contributed by atoms with Gasteiger partial charge in [-0.3, -0.25) is 0 Å². The summed E-state index contributed by atoms with van der Waals surface area (Å²) >= 11 is 7.52. The van der Waals surface area contributed by atoms with E-state index >= 15 is 0 Å². The average Bonchev–Trinajstić information content (AvgIpc) is 3.00. The number of hydrogen-bond donors (Lipinski definition) is 0. The Morgan fingerprint density at radius 2 is 2.14 bits per heavy atom. The van der Waals surface area contributed by atoms with Crippen LogP contribution in [0.3, 0.4) is 0 Å². The summed E-state index contributed by atoms with van der Waals surface area (Å²) in [5.41, 5.74) is 2.68. The van der Waals surface area contributed by atoms with Crippen molar-refractivity contribution >= 4 is 34.0 Å². The van der Waals surface area contributed by atoms with Gasteiger partial charge in [0.25, 0.3) is 0 Å². The van der Waals surface area contributed by atoms with E-state index < -0.39 is 0 Å². The lowest BCUT2D eigenvalue weighted by molar-refractivity contribution is 0.629. The van der Waals surface area contributed by atoms with Crippen LogP contribution in [-0.4, -0.2) is 20.4 Å². The molecule has 0 spiro atoms. The number of alkyl halides is 1. The Bertz CT molecular complexity index is 765. The van der Waals surface area contributed by atoms with E-state index in [1.54, 1.807) is 17.4 Å². The molecule has 3 rings (SSSR count). The van der Waals surface area contributed by atoms with Gasteiger partial charge in [-0.15, -0.1) is 22.9 Å². The van der Waals surface area contributed by atoms with Crippen LogP contribution in [0.15, 0.2) is 23.6 Å². The van der Waals surface area contributed by atoms with Gasteiger partial charge in [0, 0.05) is 42.4 Å². The van der Waals surface area contributed by atoms with E-state index in [0.29, 0.717) is 17.8 Å². The first-order chi connectivity index (χ1) is 10.2. The summed E-state index contributed by atoms with van der Waals surface area (Å²) < 4.78 is 15.5. The van der Waals surface area contributed by atoms with Crippen molar-refractivity contribution in [1.29, 1.82) is 0 Å². The summed E-state index contributed by atoms with van der Waals surface area (Å²) in [5.74, 6) is 1.14. The Morgan fingerprint density at radius 1 is 1.29 bits per heavy atom. The van der Waals surface area contributed by atoms with Crippen LogP contribution in [0.5, 0.6) is 0 Å². The molecule has 6 heteroatoms. The van der Waals surface area contributed by atoms with Crippen LogP contribution in [0.1, 0.15) is 16.5 Å². The molecule has 0 amide bonds. The fourth-order valence-electron chi connectivity index (χ4n) is 2.40. The number of halogens is 2. The second kappa shape index (κ2) is 6.12.